The molecule has 0 aromatic heterocycles. The number of rotatable bonds is 1. The summed E-state index contributed by atoms with van der Waals surface area (Å²) >= 11 is 0. The van der Waals surface area contributed by atoms with Gasteiger partial charge < -0.3 is 10.2 Å². The van der Waals surface area contributed by atoms with Crippen LogP contribution in [-0.4, -0.2) is 10.2 Å². The molecular weight excluding hydrogens is 224 g/mol. The minimum atomic E-state index is -0.521. The van der Waals surface area contributed by atoms with Gasteiger partial charge in [-0.3, -0.25) is 0 Å². The van der Waals surface area contributed by atoms with Gasteiger partial charge in [-0.1, -0.05) is 41.5 Å². The molecule has 0 radical (unpaired) electrons. The van der Waals surface area contributed by atoms with Crippen LogP contribution in [0, 0.1) is 0 Å². The topological polar surface area (TPSA) is 40.5 Å². The maximum Gasteiger partial charge on any atom is 0.123 e. The number of hydrogen-bond acceptors (Lipinski definition) is 2. The fourth-order valence-corrected chi connectivity index (χ4v) is 2.04. The van der Waals surface area contributed by atoms with Crippen molar-refractivity contribution < 1.29 is 10.2 Å². The largest absolute Gasteiger partial charge is 0.507 e. The third kappa shape index (κ3) is 3.05. The second-order valence-corrected chi connectivity index (χ2v) is 7.14. The Morgan fingerprint density at radius 3 is 1.44 bits per heavy atom. The Morgan fingerprint density at radius 2 is 1.22 bits per heavy atom. The van der Waals surface area contributed by atoms with E-state index in [1.807, 2.05) is 12.1 Å². The van der Waals surface area contributed by atoms with Crippen molar-refractivity contribution in [2.45, 2.75) is 65.4 Å². The Bertz CT molecular complexity index is 396. The lowest BCUT2D eigenvalue weighted by Gasteiger charge is -2.28. The zero-order valence-corrected chi connectivity index (χ0v) is 12.6. The quantitative estimate of drug-likeness (QED) is 0.789. The van der Waals surface area contributed by atoms with Crippen molar-refractivity contribution in [3.8, 4) is 5.75 Å². The molecule has 2 N–H and O–H groups in total. The van der Waals surface area contributed by atoms with Crippen LogP contribution < -0.4 is 0 Å². The van der Waals surface area contributed by atoms with Crippen molar-refractivity contribution in [2.24, 2.45) is 0 Å². The Labute approximate surface area is 111 Å². The Kier molecular flexibility index (Phi) is 3.83. The lowest BCUT2D eigenvalue weighted by molar-refractivity contribution is 0.198. The van der Waals surface area contributed by atoms with Crippen molar-refractivity contribution in [1.29, 1.82) is 0 Å². The highest BCUT2D eigenvalue weighted by Crippen LogP contribution is 2.40. The maximum atomic E-state index is 10.5. The molecule has 0 saturated carbocycles. The number of phenols is 1. The van der Waals surface area contributed by atoms with Crippen LogP contribution in [0.25, 0.3) is 0 Å². The SMILES string of the molecule is CC(O)c1cc(C(C)(C)C)c(O)c(C(C)(C)C)c1. The van der Waals surface area contributed by atoms with Gasteiger partial charge in [-0.25, -0.2) is 0 Å². The minimum absolute atomic E-state index is 0.144. The monoisotopic (exact) mass is 250 g/mol. The van der Waals surface area contributed by atoms with Crippen LogP contribution >= 0.6 is 0 Å². The van der Waals surface area contributed by atoms with Gasteiger partial charge in [-0.05, 0) is 46.6 Å². The van der Waals surface area contributed by atoms with Gasteiger partial charge >= 0.3 is 0 Å². The molecule has 1 unspecified atom stereocenters. The summed E-state index contributed by atoms with van der Waals surface area (Å²) < 4.78 is 0. The molecule has 0 saturated heterocycles. The fraction of sp³-hybridized carbons (Fsp3) is 0.625. The predicted molar refractivity (Wildman–Crippen MR) is 76.1 cm³/mol. The number of hydrogen-bond donors (Lipinski definition) is 2. The zero-order valence-electron chi connectivity index (χ0n) is 12.6. The van der Waals surface area contributed by atoms with Crippen LogP contribution in [0.4, 0.5) is 0 Å². The van der Waals surface area contributed by atoms with Gasteiger partial charge in [0, 0.05) is 0 Å². The molecule has 0 aliphatic rings. The van der Waals surface area contributed by atoms with Crippen molar-refractivity contribution in [1.82, 2.24) is 0 Å². The molecule has 18 heavy (non-hydrogen) atoms. The first-order chi connectivity index (χ1) is 7.94. The summed E-state index contributed by atoms with van der Waals surface area (Å²) in [5.41, 5.74) is 2.36. The second kappa shape index (κ2) is 4.58. The van der Waals surface area contributed by atoms with Gasteiger partial charge in [0.2, 0.25) is 0 Å². The van der Waals surface area contributed by atoms with Crippen molar-refractivity contribution in [3.63, 3.8) is 0 Å². The molecule has 1 aromatic carbocycles. The lowest BCUT2D eigenvalue weighted by atomic mass is 9.78. The smallest absolute Gasteiger partial charge is 0.123 e. The molecule has 2 heteroatoms. The molecule has 0 aliphatic carbocycles. The van der Waals surface area contributed by atoms with Crippen molar-refractivity contribution in [2.75, 3.05) is 0 Å². The van der Waals surface area contributed by atoms with Crippen LogP contribution in [0.5, 0.6) is 5.75 Å². The summed E-state index contributed by atoms with van der Waals surface area (Å²) in [5.74, 6) is 0.361. The van der Waals surface area contributed by atoms with Gasteiger partial charge in [0.05, 0.1) is 6.10 Å². The van der Waals surface area contributed by atoms with Crippen LogP contribution in [0.2, 0.25) is 0 Å². The average molecular weight is 250 g/mol. The van der Waals surface area contributed by atoms with E-state index in [9.17, 15) is 10.2 Å². The highest BCUT2D eigenvalue weighted by Gasteiger charge is 2.27. The van der Waals surface area contributed by atoms with E-state index in [0.29, 0.717) is 5.75 Å². The minimum Gasteiger partial charge on any atom is -0.507 e. The van der Waals surface area contributed by atoms with E-state index in [2.05, 4.69) is 41.5 Å². The summed E-state index contributed by atoms with van der Waals surface area (Å²) in [6.07, 6.45) is -0.521. The number of aliphatic hydroxyl groups is 1. The van der Waals surface area contributed by atoms with E-state index in [-0.39, 0.29) is 10.8 Å². The van der Waals surface area contributed by atoms with E-state index >= 15 is 0 Å². The number of aliphatic hydroxyl groups excluding tert-OH is 1. The molecule has 0 amide bonds. The molecule has 0 bridgehead atoms. The van der Waals surface area contributed by atoms with E-state index < -0.39 is 6.10 Å². The normalized spacial score (nSPS) is 14.7. The molecule has 0 spiro atoms. The molecule has 1 aromatic rings. The summed E-state index contributed by atoms with van der Waals surface area (Å²) in [4.78, 5) is 0. The Hall–Kier alpha value is -1.02. The van der Waals surface area contributed by atoms with Gasteiger partial charge in [0.1, 0.15) is 5.75 Å². The second-order valence-electron chi connectivity index (χ2n) is 7.14. The molecule has 2 nitrogen and oxygen atoms in total. The fourth-order valence-electron chi connectivity index (χ4n) is 2.04. The third-order valence-corrected chi connectivity index (χ3v) is 3.23. The van der Waals surface area contributed by atoms with Crippen LogP contribution in [0.1, 0.15) is 71.3 Å². The third-order valence-electron chi connectivity index (χ3n) is 3.23. The summed E-state index contributed by atoms with van der Waals surface area (Å²) in [6, 6.07) is 3.82. The first-order valence-electron chi connectivity index (χ1n) is 6.50. The van der Waals surface area contributed by atoms with Gasteiger partial charge in [0.15, 0.2) is 0 Å². The van der Waals surface area contributed by atoms with E-state index in [1.165, 1.54) is 0 Å². The molecule has 1 rings (SSSR count). The number of phenolic OH excluding ortho intramolecular Hbond substituents is 1. The molecular formula is C16H26O2. The zero-order chi connectivity index (χ0) is 14.3. The molecule has 1 atom stereocenters. The summed E-state index contributed by atoms with van der Waals surface area (Å²) in [5, 5.41) is 20.3. The van der Waals surface area contributed by atoms with Crippen LogP contribution in [0.3, 0.4) is 0 Å². The Morgan fingerprint density at radius 1 is 0.889 bits per heavy atom. The molecule has 0 aliphatic heterocycles. The van der Waals surface area contributed by atoms with Gasteiger partial charge in [-0.15, -0.1) is 0 Å². The van der Waals surface area contributed by atoms with E-state index in [1.54, 1.807) is 6.92 Å². The van der Waals surface area contributed by atoms with E-state index in [4.69, 9.17) is 0 Å². The van der Waals surface area contributed by atoms with Crippen LogP contribution in [0.15, 0.2) is 12.1 Å². The molecule has 102 valence electrons. The first-order valence-corrected chi connectivity index (χ1v) is 6.50. The average Bonchev–Trinajstić information content (AvgIpc) is 2.13. The lowest BCUT2D eigenvalue weighted by Crippen LogP contribution is -2.18. The molecule has 0 heterocycles. The highest BCUT2D eigenvalue weighted by atomic mass is 16.3. The standard InChI is InChI=1S/C16H26O2/c1-10(17)11-8-12(15(2,3)4)14(18)13(9-11)16(5,6)7/h8-10,17-18H,1-7H3. The maximum absolute atomic E-state index is 10.5. The molecule has 0 fully saturated rings. The van der Waals surface area contributed by atoms with Crippen molar-refractivity contribution in [3.05, 3.63) is 28.8 Å². The first kappa shape index (κ1) is 15.0. The number of benzene rings is 1. The van der Waals surface area contributed by atoms with Crippen LogP contribution in [-0.2, 0) is 10.8 Å². The van der Waals surface area contributed by atoms with E-state index in [0.717, 1.165) is 16.7 Å². The van der Waals surface area contributed by atoms with Gasteiger partial charge in [0.25, 0.3) is 0 Å². The Balaban J connectivity index is 3.59. The summed E-state index contributed by atoms with van der Waals surface area (Å²) in [6.45, 7) is 14.2. The summed E-state index contributed by atoms with van der Waals surface area (Å²) in [7, 11) is 0. The highest BCUT2D eigenvalue weighted by molar-refractivity contribution is 5.50. The van der Waals surface area contributed by atoms with Crippen molar-refractivity contribution >= 4 is 0 Å². The predicted octanol–water partition coefficient (Wildman–Crippen LogP) is 4.04. The number of aromatic hydroxyl groups is 1. The van der Waals surface area contributed by atoms with Gasteiger partial charge in [-0.2, -0.15) is 0 Å².